The standard InChI is InChI=1S/C23H17Cl2N3OS/c24-18-8-11-20(21(25)12-18)22-15-30-23(27-22)28-26-13-16-6-9-19(10-7-16)29-14-17-4-2-1-3-5-17/h1-13,15H,14H2,(H,27,28). The van der Waals surface area contributed by atoms with Crippen molar-refractivity contribution in [1.29, 1.82) is 0 Å². The summed E-state index contributed by atoms with van der Waals surface area (Å²) in [7, 11) is 0. The van der Waals surface area contributed by atoms with Crippen molar-refractivity contribution in [3.8, 4) is 17.0 Å². The Balaban J connectivity index is 1.33. The summed E-state index contributed by atoms with van der Waals surface area (Å²) in [6.07, 6.45) is 1.73. The number of hydrazone groups is 1. The number of benzene rings is 3. The first-order valence-corrected chi connectivity index (χ1v) is 10.8. The Morgan fingerprint density at radius 1 is 1.00 bits per heavy atom. The third-order valence-corrected chi connectivity index (χ3v) is 5.51. The van der Waals surface area contributed by atoms with E-state index in [1.54, 1.807) is 18.3 Å². The maximum Gasteiger partial charge on any atom is 0.203 e. The van der Waals surface area contributed by atoms with Crippen LogP contribution in [0.5, 0.6) is 5.75 Å². The van der Waals surface area contributed by atoms with E-state index in [1.165, 1.54) is 11.3 Å². The van der Waals surface area contributed by atoms with Gasteiger partial charge in [-0.2, -0.15) is 5.10 Å². The molecule has 7 heteroatoms. The minimum absolute atomic E-state index is 0.542. The van der Waals surface area contributed by atoms with E-state index in [1.807, 2.05) is 66.0 Å². The first-order chi connectivity index (χ1) is 14.7. The predicted molar refractivity (Wildman–Crippen MR) is 126 cm³/mol. The zero-order chi connectivity index (χ0) is 20.8. The van der Waals surface area contributed by atoms with Crippen LogP contribution >= 0.6 is 34.5 Å². The van der Waals surface area contributed by atoms with Crippen LogP contribution in [0.3, 0.4) is 0 Å². The average Bonchev–Trinajstić information content (AvgIpc) is 3.22. The Morgan fingerprint density at radius 3 is 2.57 bits per heavy atom. The molecule has 1 N–H and O–H groups in total. The molecule has 0 aliphatic carbocycles. The van der Waals surface area contributed by atoms with Crippen molar-refractivity contribution in [2.75, 3.05) is 5.43 Å². The van der Waals surface area contributed by atoms with E-state index < -0.39 is 0 Å². The van der Waals surface area contributed by atoms with Gasteiger partial charge in [-0.15, -0.1) is 11.3 Å². The van der Waals surface area contributed by atoms with Crippen molar-refractivity contribution in [1.82, 2.24) is 4.98 Å². The van der Waals surface area contributed by atoms with Gasteiger partial charge in [0.1, 0.15) is 12.4 Å². The van der Waals surface area contributed by atoms with Crippen LogP contribution in [-0.4, -0.2) is 11.2 Å². The minimum atomic E-state index is 0.542. The molecule has 4 nitrogen and oxygen atoms in total. The fourth-order valence-corrected chi connectivity index (χ4v) is 3.86. The molecule has 0 atom stereocenters. The lowest BCUT2D eigenvalue weighted by Crippen LogP contribution is -1.95. The van der Waals surface area contributed by atoms with Crippen LogP contribution in [0.4, 0.5) is 5.13 Å². The van der Waals surface area contributed by atoms with Crippen LogP contribution in [-0.2, 0) is 6.61 Å². The number of hydrogen-bond acceptors (Lipinski definition) is 5. The van der Waals surface area contributed by atoms with E-state index in [0.29, 0.717) is 21.8 Å². The zero-order valence-corrected chi connectivity index (χ0v) is 18.1. The van der Waals surface area contributed by atoms with Gasteiger partial charge in [0.2, 0.25) is 5.13 Å². The highest BCUT2D eigenvalue weighted by atomic mass is 35.5. The molecular formula is C23H17Cl2N3OS. The molecule has 0 amide bonds. The van der Waals surface area contributed by atoms with Gasteiger partial charge in [0.15, 0.2) is 0 Å². The van der Waals surface area contributed by atoms with E-state index in [9.17, 15) is 0 Å². The SMILES string of the molecule is Clc1ccc(-c2csc(NN=Cc3ccc(OCc4ccccc4)cc3)n2)c(Cl)c1. The number of halogens is 2. The number of anilines is 1. The number of hydrogen-bond donors (Lipinski definition) is 1. The molecule has 4 aromatic rings. The first kappa shape index (κ1) is 20.4. The van der Waals surface area contributed by atoms with Crippen molar-refractivity contribution in [2.24, 2.45) is 5.10 Å². The molecule has 0 saturated carbocycles. The number of thiazole rings is 1. The van der Waals surface area contributed by atoms with Gasteiger partial charge in [-0.1, -0.05) is 53.5 Å². The maximum atomic E-state index is 6.25. The minimum Gasteiger partial charge on any atom is -0.489 e. The number of nitrogens with zero attached hydrogens (tertiary/aromatic N) is 2. The number of rotatable bonds is 7. The quantitative estimate of drug-likeness (QED) is 0.238. The van der Waals surface area contributed by atoms with Crippen molar-refractivity contribution in [3.63, 3.8) is 0 Å². The summed E-state index contributed by atoms with van der Waals surface area (Å²) in [5.41, 5.74) is 6.65. The van der Waals surface area contributed by atoms with E-state index >= 15 is 0 Å². The summed E-state index contributed by atoms with van der Waals surface area (Å²) in [6, 6.07) is 23.2. The molecule has 0 fully saturated rings. The monoisotopic (exact) mass is 453 g/mol. The second kappa shape index (κ2) is 9.76. The van der Waals surface area contributed by atoms with E-state index in [2.05, 4.69) is 15.5 Å². The Kier molecular flexibility index (Phi) is 6.64. The van der Waals surface area contributed by atoms with Gasteiger partial charge in [-0.3, -0.25) is 5.43 Å². The van der Waals surface area contributed by atoms with Crippen molar-refractivity contribution >= 4 is 45.9 Å². The van der Waals surface area contributed by atoms with Gasteiger partial charge in [0.05, 0.1) is 16.9 Å². The van der Waals surface area contributed by atoms with E-state index in [4.69, 9.17) is 27.9 Å². The van der Waals surface area contributed by atoms with Gasteiger partial charge in [0.25, 0.3) is 0 Å². The second-order valence-electron chi connectivity index (χ2n) is 6.38. The zero-order valence-electron chi connectivity index (χ0n) is 15.8. The molecule has 0 aliphatic rings. The summed E-state index contributed by atoms with van der Waals surface area (Å²) < 4.78 is 5.80. The Labute approximate surface area is 188 Å². The van der Waals surface area contributed by atoms with E-state index in [0.717, 1.165) is 28.1 Å². The van der Waals surface area contributed by atoms with Gasteiger partial charge >= 0.3 is 0 Å². The molecule has 0 radical (unpaired) electrons. The lowest BCUT2D eigenvalue weighted by Gasteiger charge is -2.06. The maximum absolute atomic E-state index is 6.25. The smallest absolute Gasteiger partial charge is 0.203 e. The molecule has 0 spiro atoms. The number of ether oxygens (including phenoxy) is 1. The fraction of sp³-hybridized carbons (Fsp3) is 0.0435. The largest absolute Gasteiger partial charge is 0.489 e. The van der Waals surface area contributed by atoms with Crippen LogP contribution in [0.15, 0.2) is 83.3 Å². The average molecular weight is 454 g/mol. The Hall–Kier alpha value is -2.86. The first-order valence-electron chi connectivity index (χ1n) is 9.14. The van der Waals surface area contributed by atoms with Crippen LogP contribution in [0, 0.1) is 0 Å². The molecule has 3 aromatic carbocycles. The van der Waals surface area contributed by atoms with Crippen molar-refractivity contribution < 1.29 is 4.74 Å². The molecule has 0 saturated heterocycles. The fourth-order valence-electron chi connectivity index (χ4n) is 2.70. The molecule has 150 valence electrons. The lowest BCUT2D eigenvalue weighted by molar-refractivity contribution is 0.306. The molecule has 0 bridgehead atoms. The predicted octanol–water partition coefficient (Wildman–Crippen LogP) is 7.14. The van der Waals surface area contributed by atoms with Gasteiger partial charge < -0.3 is 4.74 Å². The van der Waals surface area contributed by atoms with E-state index in [-0.39, 0.29) is 0 Å². The van der Waals surface area contributed by atoms with Gasteiger partial charge in [-0.05, 0) is 53.6 Å². The van der Waals surface area contributed by atoms with Crippen molar-refractivity contribution in [3.05, 3.63) is 99.3 Å². The molecule has 0 unspecified atom stereocenters. The van der Waals surface area contributed by atoms with Gasteiger partial charge in [-0.25, -0.2) is 4.98 Å². The molecule has 0 aliphatic heterocycles. The molecule has 30 heavy (non-hydrogen) atoms. The highest BCUT2D eigenvalue weighted by Crippen LogP contribution is 2.32. The molecule has 1 aromatic heterocycles. The third kappa shape index (κ3) is 5.39. The summed E-state index contributed by atoms with van der Waals surface area (Å²) in [6.45, 7) is 0.542. The number of aromatic nitrogens is 1. The van der Waals surface area contributed by atoms with Crippen LogP contribution in [0.2, 0.25) is 10.0 Å². The normalized spacial score (nSPS) is 11.0. The summed E-state index contributed by atoms with van der Waals surface area (Å²) >= 11 is 13.6. The second-order valence-corrected chi connectivity index (χ2v) is 8.08. The number of nitrogens with one attached hydrogen (secondary N) is 1. The summed E-state index contributed by atoms with van der Waals surface area (Å²) in [5, 5.41) is 8.02. The summed E-state index contributed by atoms with van der Waals surface area (Å²) in [4.78, 5) is 4.52. The lowest BCUT2D eigenvalue weighted by atomic mass is 10.2. The van der Waals surface area contributed by atoms with Gasteiger partial charge in [0, 0.05) is 16.0 Å². The summed E-state index contributed by atoms with van der Waals surface area (Å²) in [5.74, 6) is 0.813. The third-order valence-electron chi connectivity index (χ3n) is 4.21. The van der Waals surface area contributed by atoms with Crippen molar-refractivity contribution in [2.45, 2.75) is 6.61 Å². The molecular weight excluding hydrogens is 437 g/mol. The van der Waals surface area contributed by atoms with Crippen LogP contribution < -0.4 is 10.2 Å². The topological polar surface area (TPSA) is 46.5 Å². The Morgan fingerprint density at radius 2 is 1.80 bits per heavy atom. The highest BCUT2D eigenvalue weighted by Gasteiger charge is 2.08. The van der Waals surface area contributed by atoms with Crippen LogP contribution in [0.25, 0.3) is 11.3 Å². The Bertz CT molecular complexity index is 1140. The molecule has 4 rings (SSSR count). The van der Waals surface area contributed by atoms with Crippen LogP contribution in [0.1, 0.15) is 11.1 Å². The molecule has 1 heterocycles. The highest BCUT2D eigenvalue weighted by molar-refractivity contribution is 7.14.